The van der Waals surface area contributed by atoms with Crippen LogP contribution in [0.3, 0.4) is 0 Å². The number of aromatic nitrogens is 2. The third kappa shape index (κ3) is 2.86. The first kappa shape index (κ1) is 13.9. The molecule has 3 N–H and O–H groups in total. The molecule has 0 aliphatic heterocycles. The lowest BCUT2D eigenvalue weighted by Crippen LogP contribution is -2.17. The number of anilines is 2. The van der Waals surface area contributed by atoms with Crippen molar-refractivity contribution in [1.82, 2.24) is 9.97 Å². The van der Waals surface area contributed by atoms with E-state index in [9.17, 15) is 0 Å². The predicted molar refractivity (Wildman–Crippen MR) is 89.7 cm³/mol. The summed E-state index contributed by atoms with van der Waals surface area (Å²) in [5.74, 6) is 2.47. The second-order valence-corrected chi connectivity index (χ2v) is 8.05. The molecule has 108 valence electrons. The number of nitrogen functional groups attached to an aromatic ring is 1. The maximum Gasteiger partial charge on any atom is 0.223 e. The molecule has 1 aliphatic carbocycles. The number of thioether (sulfide) groups is 1. The summed E-state index contributed by atoms with van der Waals surface area (Å²) in [6, 6.07) is 2.66. The predicted octanol–water partition coefficient (Wildman–Crippen LogP) is 3.67. The number of nitrogens with one attached hydrogen (secondary N) is 1. The first-order valence-corrected chi connectivity index (χ1v) is 8.94. The molecule has 1 fully saturated rings. The Balaban J connectivity index is 1.80. The topological polar surface area (TPSA) is 63.8 Å². The lowest BCUT2D eigenvalue weighted by molar-refractivity contribution is 0.753. The zero-order valence-corrected chi connectivity index (χ0v) is 13.5. The quantitative estimate of drug-likeness (QED) is 0.902. The van der Waals surface area contributed by atoms with E-state index < -0.39 is 0 Å². The molecule has 4 nitrogen and oxygen atoms in total. The van der Waals surface area contributed by atoms with Crippen LogP contribution in [0.5, 0.6) is 0 Å². The standard InChI is InChI=1S/C14H20N4S2/c1-3-19-10-5-4-9(7-10)16-12-11-6-8(2)20-13(11)18-14(15)17-12/h6,9-10H,3-5,7H2,1-2H3,(H3,15,16,17,18). The number of rotatable bonds is 4. The van der Waals surface area contributed by atoms with E-state index >= 15 is 0 Å². The van der Waals surface area contributed by atoms with Gasteiger partial charge in [-0.25, -0.2) is 4.98 Å². The molecule has 2 unspecified atom stereocenters. The molecule has 0 spiro atoms. The molecular weight excluding hydrogens is 288 g/mol. The number of nitrogens with two attached hydrogens (primary N) is 1. The lowest BCUT2D eigenvalue weighted by Gasteiger charge is -2.14. The zero-order valence-electron chi connectivity index (χ0n) is 11.8. The van der Waals surface area contributed by atoms with Crippen LogP contribution >= 0.6 is 23.1 Å². The first-order chi connectivity index (χ1) is 9.65. The average molecular weight is 308 g/mol. The molecule has 2 aromatic rings. The van der Waals surface area contributed by atoms with Crippen molar-refractivity contribution in [2.75, 3.05) is 16.8 Å². The van der Waals surface area contributed by atoms with Gasteiger partial charge in [-0.15, -0.1) is 11.3 Å². The van der Waals surface area contributed by atoms with Gasteiger partial charge >= 0.3 is 0 Å². The van der Waals surface area contributed by atoms with Gasteiger partial charge in [0.15, 0.2) is 0 Å². The van der Waals surface area contributed by atoms with Gasteiger partial charge in [-0.05, 0) is 38.0 Å². The van der Waals surface area contributed by atoms with E-state index in [1.54, 1.807) is 11.3 Å². The SMILES string of the molecule is CCSC1CCC(Nc2nc(N)nc3sc(C)cc23)C1. The number of hydrogen-bond donors (Lipinski definition) is 2. The van der Waals surface area contributed by atoms with Crippen LogP contribution < -0.4 is 11.1 Å². The van der Waals surface area contributed by atoms with Crippen molar-refractivity contribution in [3.05, 3.63) is 10.9 Å². The van der Waals surface area contributed by atoms with Gasteiger partial charge in [0.25, 0.3) is 0 Å². The van der Waals surface area contributed by atoms with E-state index in [-0.39, 0.29) is 0 Å². The van der Waals surface area contributed by atoms with E-state index in [0.29, 0.717) is 12.0 Å². The summed E-state index contributed by atoms with van der Waals surface area (Å²) < 4.78 is 0. The third-order valence-corrected chi connectivity index (χ3v) is 5.84. The van der Waals surface area contributed by atoms with Crippen LogP contribution in [0.25, 0.3) is 10.2 Å². The van der Waals surface area contributed by atoms with E-state index in [4.69, 9.17) is 5.73 Å². The largest absolute Gasteiger partial charge is 0.368 e. The van der Waals surface area contributed by atoms with Crippen molar-refractivity contribution < 1.29 is 0 Å². The fraction of sp³-hybridized carbons (Fsp3) is 0.571. The molecule has 0 radical (unpaired) electrons. The van der Waals surface area contributed by atoms with Crippen molar-refractivity contribution in [3.63, 3.8) is 0 Å². The van der Waals surface area contributed by atoms with E-state index in [0.717, 1.165) is 21.3 Å². The summed E-state index contributed by atoms with van der Waals surface area (Å²) in [6.45, 7) is 4.32. The minimum atomic E-state index is 0.360. The van der Waals surface area contributed by atoms with Gasteiger partial charge in [-0.2, -0.15) is 16.7 Å². The number of thiophene rings is 1. The molecule has 2 heterocycles. The lowest BCUT2D eigenvalue weighted by atomic mass is 10.2. The first-order valence-electron chi connectivity index (χ1n) is 7.07. The molecule has 2 atom stereocenters. The Hall–Kier alpha value is -1.01. The Bertz CT molecular complexity index is 610. The number of nitrogens with zero attached hydrogens (tertiary/aromatic N) is 2. The van der Waals surface area contributed by atoms with Gasteiger partial charge < -0.3 is 11.1 Å². The Morgan fingerprint density at radius 1 is 1.45 bits per heavy atom. The monoisotopic (exact) mass is 308 g/mol. The summed E-state index contributed by atoms with van der Waals surface area (Å²) >= 11 is 3.74. The van der Waals surface area contributed by atoms with Crippen molar-refractivity contribution in [3.8, 4) is 0 Å². The third-order valence-electron chi connectivity index (χ3n) is 3.66. The molecule has 0 aromatic carbocycles. The van der Waals surface area contributed by atoms with Gasteiger partial charge in [-0.3, -0.25) is 0 Å². The summed E-state index contributed by atoms with van der Waals surface area (Å²) in [5, 5.41) is 5.48. The van der Waals surface area contributed by atoms with Crippen LogP contribution in [0.1, 0.15) is 31.1 Å². The summed E-state index contributed by atoms with van der Waals surface area (Å²) in [4.78, 5) is 10.9. The van der Waals surface area contributed by atoms with Gasteiger partial charge in [0.05, 0.1) is 5.39 Å². The molecule has 1 aliphatic rings. The molecular formula is C14H20N4S2. The Morgan fingerprint density at radius 3 is 3.10 bits per heavy atom. The summed E-state index contributed by atoms with van der Waals surface area (Å²) in [5.41, 5.74) is 5.82. The van der Waals surface area contributed by atoms with E-state index in [1.807, 2.05) is 0 Å². The molecule has 6 heteroatoms. The average Bonchev–Trinajstić information content (AvgIpc) is 2.96. The Kier molecular flexibility index (Phi) is 4.03. The van der Waals surface area contributed by atoms with Gasteiger partial charge in [0.1, 0.15) is 10.6 Å². The molecule has 0 bridgehead atoms. The van der Waals surface area contributed by atoms with Gasteiger partial charge in [0, 0.05) is 16.2 Å². The number of hydrogen-bond acceptors (Lipinski definition) is 6. The normalized spacial score (nSPS) is 22.5. The highest BCUT2D eigenvalue weighted by molar-refractivity contribution is 7.99. The molecule has 0 amide bonds. The van der Waals surface area contributed by atoms with E-state index in [1.165, 1.54) is 29.9 Å². The smallest absolute Gasteiger partial charge is 0.223 e. The Morgan fingerprint density at radius 2 is 2.30 bits per heavy atom. The fourth-order valence-corrected chi connectivity index (χ4v) is 4.85. The maximum absolute atomic E-state index is 5.82. The second-order valence-electron chi connectivity index (χ2n) is 5.24. The highest BCUT2D eigenvalue weighted by atomic mass is 32.2. The van der Waals surface area contributed by atoms with Crippen LogP contribution in [-0.2, 0) is 0 Å². The minimum Gasteiger partial charge on any atom is -0.368 e. The molecule has 3 rings (SSSR count). The van der Waals surface area contributed by atoms with Crippen LogP contribution in [0.15, 0.2) is 6.07 Å². The summed E-state index contributed by atoms with van der Waals surface area (Å²) in [6.07, 6.45) is 3.72. The minimum absolute atomic E-state index is 0.360. The fourth-order valence-electron chi connectivity index (χ4n) is 2.82. The molecule has 20 heavy (non-hydrogen) atoms. The maximum atomic E-state index is 5.82. The second kappa shape index (κ2) is 5.77. The van der Waals surface area contributed by atoms with Crippen molar-refractivity contribution in [2.45, 2.75) is 44.4 Å². The highest BCUT2D eigenvalue weighted by Crippen LogP contribution is 2.34. The van der Waals surface area contributed by atoms with Gasteiger partial charge in [-0.1, -0.05) is 6.92 Å². The molecule has 0 saturated heterocycles. The summed E-state index contributed by atoms with van der Waals surface area (Å²) in [7, 11) is 0. The van der Waals surface area contributed by atoms with Crippen LogP contribution in [0.2, 0.25) is 0 Å². The number of fused-ring (bicyclic) bond motifs is 1. The van der Waals surface area contributed by atoms with Crippen LogP contribution in [0, 0.1) is 6.92 Å². The molecule has 1 saturated carbocycles. The van der Waals surface area contributed by atoms with Crippen LogP contribution in [0.4, 0.5) is 11.8 Å². The van der Waals surface area contributed by atoms with E-state index in [2.05, 4.69) is 47.0 Å². The van der Waals surface area contributed by atoms with Crippen molar-refractivity contribution in [1.29, 1.82) is 0 Å². The van der Waals surface area contributed by atoms with Crippen molar-refractivity contribution in [2.24, 2.45) is 0 Å². The Labute approximate surface area is 127 Å². The van der Waals surface area contributed by atoms with Crippen molar-refractivity contribution >= 4 is 45.1 Å². The van der Waals surface area contributed by atoms with Gasteiger partial charge in [0.2, 0.25) is 5.95 Å². The van der Waals surface area contributed by atoms with Crippen LogP contribution in [-0.4, -0.2) is 27.0 Å². The number of aryl methyl sites for hydroxylation is 1. The molecule has 2 aromatic heterocycles. The zero-order chi connectivity index (χ0) is 14.1. The highest BCUT2D eigenvalue weighted by Gasteiger charge is 2.25.